The molecular formula is C15H18N2O3. The second-order valence-corrected chi connectivity index (χ2v) is 5.00. The molecule has 0 bridgehead atoms. The molecule has 1 aromatic carbocycles. The van der Waals surface area contributed by atoms with Gasteiger partial charge in [0.1, 0.15) is 5.69 Å². The minimum atomic E-state index is 0.279. The molecular weight excluding hydrogens is 256 g/mol. The fraction of sp³-hybridized carbons (Fsp3) is 0.400. The van der Waals surface area contributed by atoms with Crippen LogP contribution in [0.2, 0.25) is 0 Å². The highest BCUT2D eigenvalue weighted by molar-refractivity contribution is 5.65. The van der Waals surface area contributed by atoms with E-state index in [2.05, 4.69) is 5.16 Å². The van der Waals surface area contributed by atoms with Crippen LogP contribution in [0.4, 0.5) is 5.88 Å². The lowest BCUT2D eigenvalue weighted by Crippen LogP contribution is -2.11. The zero-order valence-electron chi connectivity index (χ0n) is 11.5. The Bertz CT molecular complexity index is 589. The number of methoxy groups -OCH3 is 1. The number of ether oxygens (including phenoxy) is 2. The number of nitrogens with two attached hydrogens (primary N) is 1. The molecule has 1 fully saturated rings. The molecule has 1 aliphatic carbocycles. The summed E-state index contributed by atoms with van der Waals surface area (Å²) < 4.78 is 16.3. The Hall–Kier alpha value is -2.17. The van der Waals surface area contributed by atoms with E-state index >= 15 is 0 Å². The van der Waals surface area contributed by atoms with E-state index in [1.165, 1.54) is 12.8 Å². The van der Waals surface area contributed by atoms with Gasteiger partial charge in [-0.3, -0.25) is 0 Å². The van der Waals surface area contributed by atoms with Crippen LogP contribution in [0.1, 0.15) is 25.7 Å². The van der Waals surface area contributed by atoms with E-state index in [9.17, 15) is 0 Å². The maximum atomic E-state index is 6.05. The van der Waals surface area contributed by atoms with E-state index < -0.39 is 0 Å². The smallest absolute Gasteiger partial charge is 0.222 e. The summed E-state index contributed by atoms with van der Waals surface area (Å²) in [5.74, 6) is 1.78. The average Bonchev–Trinajstić information content (AvgIpc) is 3.10. The minimum Gasteiger partial charge on any atom is -0.493 e. The average molecular weight is 274 g/mol. The third-order valence-electron chi connectivity index (χ3n) is 3.58. The van der Waals surface area contributed by atoms with E-state index in [4.69, 9.17) is 19.7 Å². The van der Waals surface area contributed by atoms with Crippen LogP contribution in [0.25, 0.3) is 11.3 Å². The molecule has 2 aromatic rings. The Balaban J connectivity index is 1.89. The molecule has 0 unspecified atom stereocenters. The SMILES string of the molecule is COc1ccc(-c2cc(N)on2)cc1OC1CCCC1. The van der Waals surface area contributed by atoms with Gasteiger partial charge in [0.25, 0.3) is 0 Å². The van der Waals surface area contributed by atoms with E-state index in [0.29, 0.717) is 11.6 Å². The van der Waals surface area contributed by atoms with Gasteiger partial charge in [-0.05, 0) is 43.9 Å². The molecule has 5 nitrogen and oxygen atoms in total. The molecule has 2 N–H and O–H groups in total. The highest BCUT2D eigenvalue weighted by atomic mass is 16.5. The van der Waals surface area contributed by atoms with E-state index in [1.807, 2.05) is 18.2 Å². The summed E-state index contributed by atoms with van der Waals surface area (Å²) in [6, 6.07) is 7.41. The molecule has 106 valence electrons. The van der Waals surface area contributed by atoms with Crippen LogP contribution < -0.4 is 15.2 Å². The number of nitrogens with zero attached hydrogens (tertiary/aromatic N) is 1. The lowest BCUT2D eigenvalue weighted by atomic mass is 10.1. The molecule has 0 spiro atoms. The van der Waals surface area contributed by atoms with Gasteiger partial charge < -0.3 is 19.7 Å². The van der Waals surface area contributed by atoms with Crippen molar-refractivity contribution in [1.29, 1.82) is 0 Å². The molecule has 1 saturated carbocycles. The second-order valence-electron chi connectivity index (χ2n) is 5.00. The van der Waals surface area contributed by atoms with Gasteiger partial charge in [-0.2, -0.15) is 0 Å². The first-order valence-electron chi connectivity index (χ1n) is 6.83. The normalized spacial score (nSPS) is 15.4. The third-order valence-corrected chi connectivity index (χ3v) is 3.58. The van der Waals surface area contributed by atoms with Crippen molar-refractivity contribution in [3.8, 4) is 22.8 Å². The highest BCUT2D eigenvalue weighted by Crippen LogP contribution is 2.35. The van der Waals surface area contributed by atoms with Crippen molar-refractivity contribution in [3.63, 3.8) is 0 Å². The first-order valence-corrected chi connectivity index (χ1v) is 6.83. The van der Waals surface area contributed by atoms with Crippen LogP contribution in [-0.2, 0) is 0 Å². The predicted molar refractivity (Wildman–Crippen MR) is 75.8 cm³/mol. The summed E-state index contributed by atoms with van der Waals surface area (Å²) in [5.41, 5.74) is 7.15. The van der Waals surface area contributed by atoms with E-state index in [1.54, 1.807) is 13.2 Å². The summed E-state index contributed by atoms with van der Waals surface area (Å²) >= 11 is 0. The first-order chi connectivity index (χ1) is 9.76. The maximum Gasteiger partial charge on any atom is 0.222 e. The topological polar surface area (TPSA) is 70.5 Å². The van der Waals surface area contributed by atoms with Crippen LogP contribution in [0.3, 0.4) is 0 Å². The van der Waals surface area contributed by atoms with Crippen LogP contribution in [-0.4, -0.2) is 18.4 Å². The van der Waals surface area contributed by atoms with Crippen LogP contribution in [0.15, 0.2) is 28.8 Å². The lowest BCUT2D eigenvalue weighted by molar-refractivity contribution is 0.201. The Morgan fingerprint density at radius 1 is 1.20 bits per heavy atom. The molecule has 0 radical (unpaired) electrons. The van der Waals surface area contributed by atoms with Crippen molar-refractivity contribution >= 4 is 5.88 Å². The standard InChI is InChI=1S/C15H18N2O3/c1-18-13-7-6-10(12-9-15(16)20-17-12)8-14(13)19-11-4-2-3-5-11/h6-9,11H,2-5,16H2,1H3. The Morgan fingerprint density at radius 2 is 2.00 bits per heavy atom. The quantitative estimate of drug-likeness (QED) is 0.926. The molecule has 1 aliphatic rings. The predicted octanol–water partition coefficient (Wildman–Crippen LogP) is 3.25. The van der Waals surface area contributed by atoms with Gasteiger partial charge in [0, 0.05) is 11.6 Å². The van der Waals surface area contributed by atoms with Crippen LogP contribution >= 0.6 is 0 Å². The Kier molecular flexibility index (Phi) is 3.50. The lowest BCUT2D eigenvalue weighted by Gasteiger charge is -2.16. The van der Waals surface area contributed by atoms with Gasteiger partial charge in [0.05, 0.1) is 13.2 Å². The van der Waals surface area contributed by atoms with E-state index in [-0.39, 0.29) is 6.10 Å². The van der Waals surface area contributed by atoms with Crippen molar-refractivity contribution in [2.45, 2.75) is 31.8 Å². The summed E-state index contributed by atoms with van der Waals surface area (Å²) in [6.07, 6.45) is 4.94. The monoisotopic (exact) mass is 274 g/mol. The molecule has 0 saturated heterocycles. The van der Waals surface area contributed by atoms with Gasteiger partial charge in [0.2, 0.25) is 5.88 Å². The summed E-state index contributed by atoms with van der Waals surface area (Å²) in [6.45, 7) is 0. The fourth-order valence-corrected chi connectivity index (χ4v) is 2.54. The van der Waals surface area contributed by atoms with Crippen molar-refractivity contribution < 1.29 is 14.0 Å². The first kappa shape index (κ1) is 12.8. The number of nitrogen functional groups attached to an aromatic ring is 1. The van der Waals surface area contributed by atoms with Gasteiger partial charge in [-0.25, -0.2) is 0 Å². The third kappa shape index (κ3) is 2.57. The summed E-state index contributed by atoms with van der Waals surface area (Å²) in [7, 11) is 1.64. The molecule has 1 heterocycles. The maximum absolute atomic E-state index is 6.05. The van der Waals surface area contributed by atoms with Crippen molar-refractivity contribution in [3.05, 3.63) is 24.3 Å². The minimum absolute atomic E-state index is 0.279. The van der Waals surface area contributed by atoms with Gasteiger partial charge >= 0.3 is 0 Å². The van der Waals surface area contributed by atoms with Crippen LogP contribution in [0.5, 0.6) is 11.5 Å². The second kappa shape index (κ2) is 5.45. The van der Waals surface area contributed by atoms with Gasteiger partial charge in [-0.1, -0.05) is 5.16 Å². The van der Waals surface area contributed by atoms with Crippen molar-refractivity contribution in [2.24, 2.45) is 0 Å². The molecule has 0 amide bonds. The number of hydrogen-bond acceptors (Lipinski definition) is 5. The molecule has 5 heteroatoms. The zero-order valence-corrected chi connectivity index (χ0v) is 11.5. The zero-order chi connectivity index (χ0) is 13.9. The Morgan fingerprint density at radius 3 is 2.65 bits per heavy atom. The summed E-state index contributed by atoms with van der Waals surface area (Å²) in [5, 5.41) is 3.92. The molecule has 20 heavy (non-hydrogen) atoms. The number of aromatic nitrogens is 1. The number of anilines is 1. The number of rotatable bonds is 4. The largest absolute Gasteiger partial charge is 0.493 e. The molecule has 3 rings (SSSR count). The molecule has 0 atom stereocenters. The molecule has 1 aromatic heterocycles. The van der Waals surface area contributed by atoms with E-state index in [0.717, 1.165) is 29.9 Å². The van der Waals surface area contributed by atoms with Gasteiger partial charge in [0.15, 0.2) is 11.5 Å². The number of hydrogen-bond donors (Lipinski definition) is 1. The fourth-order valence-electron chi connectivity index (χ4n) is 2.54. The summed E-state index contributed by atoms with van der Waals surface area (Å²) in [4.78, 5) is 0. The Labute approximate surface area is 117 Å². The van der Waals surface area contributed by atoms with Crippen molar-refractivity contribution in [2.75, 3.05) is 12.8 Å². The van der Waals surface area contributed by atoms with Crippen LogP contribution in [0, 0.1) is 0 Å². The number of benzene rings is 1. The molecule has 0 aliphatic heterocycles. The van der Waals surface area contributed by atoms with Gasteiger partial charge in [-0.15, -0.1) is 0 Å². The van der Waals surface area contributed by atoms with Crippen molar-refractivity contribution in [1.82, 2.24) is 5.16 Å². The highest BCUT2D eigenvalue weighted by Gasteiger charge is 2.19.